The summed E-state index contributed by atoms with van der Waals surface area (Å²) in [5, 5.41) is 0. The molecule has 1 aliphatic rings. The molecule has 0 spiro atoms. The molecule has 20 heavy (non-hydrogen) atoms. The fraction of sp³-hybridized carbons (Fsp3) is 0.308. The van der Waals surface area contributed by atoms with Crippen LogP contribution in [0.3, 0.4) is 0 Å². The van der Waals surface area contributed by atoms with Crippen LogP contribution in [0.1, 0.15) is 11.4 Å². The van der Waals surface area contributed by atoms with E-state index in [1.54, 1.807) is 18.3 Å². The van der Waals surface area contributed by atoms with Crippen molar-refractivity contribution in [3.8, 4) is 0 Å². The van der Waals surface area contributed by atoms with Crippen LogP contribution in [0.2, 0.25) is 0 Å². The first-order valence-electron chi connectivity index (χ1n) is 6.35. The molecule has 7 heteroatoms. The number of nitrogens with zero attached hydrogens (tertiary/aromatic N) is 3. The number of nitrogens with two attached hydrogens (primary N) is 1. The lowest BCUT2D eigenvalue weighted by Crippen LogP contribution is -2.38. The molecular weight excluding hydrogens is 276 g/mol. The number of nitrogen functional groups attached to an aromatic ring is 1. The van der Waals surface area contributed by atoms with Crippen LogP contribution >= 0.6 is 0 Å². The lowest BCUT2D eigenvalue weighted by molar-refractivity contribution is 0.335. The Kier molecular flexibility index (Phi) is 3.02. The lowest BCUT2D eigenvalue weighted by Gasteiger charge is -2.27. The van der Waals surface area contributed by atoms with Gasteiger partial charge in [0.2, 0.25) is 10.0 Å². The van der Waals surface area contributed by atoms with Crippen molar-refractivity contribution >= 4 is 15.7 Å². The molecular formula is C13H16N4O2S. The molecule has 3 rings (SSSR count). The zero-order valence-electron chi connectivity index (χ0n) is 11.2. The largest absolute Gasteiger partial charge is 0.398 e. The molecule has 0 saturated carbocycles. The van der Waals surface area contributed by atoms with Crippen LogP contribution < -0.4 is 5.73 Å². The van der Waals surface area contributed by atoms with Gasteiger partial charge in [-0.2, -0.15) is 4.31 Å². The second kappa shape index (κ2) is 4.60. The van der Waals surface area contributed by atoms with Crippen LogP contribution in [-0.4, -0.2) is 28.8 Å². The summed E-state index contributed by atoms with van der Waals surface area (Å²) in [6.07, 6.45) is 3.55. The Morgan fingerprint density at radius 2 is 2.10 bits per heavy atom. The van der Waals surface area contributed by atoms with Crippen molar-refractivity contribution in [1.82, 2.24) is 13.9 Å². The molecule has 1 aromatic carbocycles. The molecule has 2 N–H and O–H groups in total. The number of hydrogen-bond donors (Lipinski definition) is 1. The third kappa shape index (κ3) is 2.08. The fourth-order valence-corrected chi connectivity index (χ4v) is 3.71. The maximum Gasteiger partial charge on any atom is 0.243 e. The van der Waals surface area contributed by atoms with Crippen LogP contribution in [0.15, 0.2) is 35.5 Å². The van der Waals surface area contributed by atoms with Crippen molar-refractivity contribution in [2.24, 2.45) is 0 Å². The third-order valence-electron chi connectivity index (χ3n) is 3.60. The Bertz CT molecular complexity index is 751. The monoisotopic (exact) mass is 292 g/mol. The molecule has 1 aliphatic heterocycles. The Morgan fingerprint density at radius 3 is 2.85 bits per heavy atom. The zero-order valence-corrected chi connectivity index (χ0v) is 12.0. The summed E-state index contributed by atoms with van der Waals surface area (Å²) in [7, 11) is -3.52. The van der Waals surface area contributed by atoms with E-state index in [4.69, 9.17) is 5.73 Å². The summed E-state index contributed by atoms with van der Waals surface area (Å²) in [5.74, 6) is 0.764. The van der Waals surface area contributed by atoms with E-state index >= 15 is 0 Å². The summed E-state index contributed by atoms with van der Waals surface area (Å²) in [4.78, 5) is 4.41. The number of sulfonamides is 1. The van der Waals surface area contributed by atoms with Crippen molar-refractivity contribution in [1.29, 1.82) is 0 Å². The maximum absolute atomic E-state index is 12.6. The van der Waals surface area contributed by atoms with E-state index in [9.17, 15) is 8.42 Å². The highest BCUT2D eigenvalue weighted by Gasteiger charge is 2.29. The lowest BCUT2D eigenvalue weighted by atomic mass is 10.2. The smallest absolute Gasteiger partial charge is 0.243 e. The van der Waals surface area contributed by atoms with Gasteiger partial charge in [0.15, 0.2) is 0 Å². The van der Waals surface area contributed by atoms with Gasteiger partial charge in [-0.1, -0.05) is 6.07 Å². The van der Waals surface area contributed by atoms with E-state index in [1.807, 2.05) is 17.7 Å². The first-order valence-corrected chi connectivity index (χ1v) is 7.79. The van der Waals surface area contributed by atoms with Crippen LogP contribution in [-0.2, 0) is 23.1 Å². The minimum Gasteiger partial charge on any atom is -0.398 e. The minimum atomic E-state index is -3.52. The van der Waals surface area contributed by atoms with Gasteiger partial charge in [0.05, 0.1) is 11.4 Å². The first-order chi connectivity index (χ1) is 9.48. The van der Waals surface area contributed by atoms with Gasteiger partial charge in [-0.15, -0.1) is 0 Å². The van der Waals surface area contributed by atoms with Crippen molar-refractivity contribution in [2.45, 2.75) is 24.9 Å². The highest BCUT2D eigenvalue weighted by atomic mass is 32.2. The number of aromatic nitrogens is 2. The van der Waals surface area contributed by atoms with Gasteiger partial charge >= 0.3 is 0 Å². The summed E-state index contributed by atoms with van der Waals surface area (Å²) >= 11 is 0. The van der Waals surface area contributed by atoms with Gasteiger partial charge in [-0.05, 0) is 24.6 Å². The highest BCUT2D eigenvalue weighted by Crippen LogP contribution is 2.23. The van der Waals surface area contributed by atoms with Gasteiger partial charge in [-0.3, -0.25) is 0 Å². The zero-order chi connectivity index (χ0) is 14.3. The van der Waals surface area contributed by atoms with Crippen molar-refractivity contribution in [2.75, 3.05) is 12.3 Å². The Hall–Kier alpha value is -1.86. The molecule has 0 bridgehead atoms. The maximum atomic E-state index is 12.6. The van der Waals surface area contributed by atoms with E-state index in [2.05, 4.69) is 4.98 Å². The van der Waals surface area contributed by atoms with E-state index < -0.39 is 10.0 Å². The second-order valence-corrected chi connectivity index (χ2v) is 6.83. The summed E-state index contributed by atoms with van der Waals surface area (Å²) in [5.41, 5.74) is 7.17. The van der Waals surface area contributed by atoms with Crippen molar-refractivity contribution in [3.63, 3.8) is 0 Å². The van der Waals surface area contributed by atoms with Gasteiger partial charge in [0, 0.05) is 31.2 Å². The third-order valence-corrected chi connectivity index (χ3v) is 5.44. The highest BCUT2D eigenvalue weighted by molar-refractivity contribution is 7.89. The van der Waals surface area contributed by atoms with E-state index in [1.165, 1.54) is 10.4 Å². The topological polar surface area (TPSA) is 81.2 Å². The van der Waals surface area contributed by atoms with Gasteiger partial charge in [-0.25, -0.2) is 13.4 Å². The molecule has 6 nitrogen and oxygen atoms in total. The van der Waals surface area contributed by atoms with Gasteiger partial charge in [0.1, 0.15) is 5.82 Å². The molecule has 0 atom stereocenters. The van der Waals surface area contributed by atoms with Crippen LogP contribution in [0.5, 0.6) is 0 Å². The average Bonchev–Trinajstić information content (AvgIpc) is 2.89. The summed E-state index contributed by atoms with van der Waals surface area (Å²) in [6, 6.07) is 4.85. The normalized spacial score (nSPS) is 16.1. The summed E-state index contributed by atoms with van der Waals surface area (Å²) in [6.45, 7) is 3.21. The Balaban J connectivity index is 1.95. The minimum absolute atomic E-state index is 0.237. The molecule has 2 heterocycles. The second-order valence-electron chi connectivity index (χ2n) is 4.89. The van der Waals surface area contributed by atoms with Gasteiger partial charge in [0.25, 0.3) is 0 Å². The van der Waals surface area contributed by atoms with Crippen LogP contribution in [0.4, 0.5) is 5.69 Å². The summed E-state index contributed by atoms with van der Waals surface area (Å²) < 4.78 is 28.6. The number of fused-ring (bicyclic) bond motifs is 1. The Morgan fingerprint density at radius 1 is 1.30 bits per heavy atom. The number of rotatable bonds is 2. The molecule has 1 aromatic heterocycles. The number of aryl methyl sites for hydroxylation is 1. The molecule has 0 aliphatic carbocycles. The number of hydrogen-bond acceptors (Lipinski definition) is 4. The molecule has 106 valence electrons. The molecule has 0 radical (unpaired) electrons. The van der Waals surface area contributed by atoms with E-state index in [0.29, 0.717) is 25.3 Å². The predicted molar refractivity (Wildman–Crippen MR) is 75.4 cm³/mol. The average molecular weight is 292 g/mol. The van der Waals surface area contributed by atoms with Crippen LogP contribution in [0, 0.1) is 6.92 Å². The molecule has 2 aromatic rings. The first kappa shape index (κ1) is 13.1. The van der Waals surface area contributed by atoms with Gasteiger partial charge < -0.3 is 10.3 Å². The Labute approximate surface area is 117 Å². The fourth-order valence-electron chi connectivity index (χ4n) is 2.28. The molecule has 0 fully saturated rings. The van der Waals surface area contributed by atoms with E-state index in [0.717, 1.165) is 11.4 Å². The van der Waals surface area contributed by atoms with Crippen molar-refractivity contribution in [3.05, 3.63) is 42.0 Å². The standard InChI is InChI=1S/C13H16N4O2S/c1-10-2-3-11(8-12(10)14)20(18,19)17-7-6-16-5-4-15-13(16)9-17/h2-5,8H,6-7,9,14H2,1H3. The molecule has 0 saturated heterocycles. The van der Waals surface area contributed by atoms with E-state index in [-0.39, 0.29) is 4.90 Å². The SMILES string of the molecule is Cc1ccc(S(=O)(=O)N2CCn3ccnc3C2)cc1N. The number of imidazole rings is 1. The number of benzene rings is 1. The quantitative estimate of drug-likeness (QED) is 0.837. The number of anilines is 1. The molecule has 0 unspecified atom stereocenters. The predicted octanol–water partition coefficient (Wildman–Crippen LogP) is 0.978. The van der Waals surface area contributed by atoms with Crippen molar-refractivity contribution < 1.29 is 8.42 Å². The molecule has 0 amide bonds. The van der Waals surface area contributed by atoms with Crippen LogP contribution in [0.25, 0.3) is 0 Å².